The molecule has 15 nitrogen and oxygen atoms in total. The van der Waals surface area contributed by atoms with Crippen molar-refractivity contribution in [2.75, 3.05) is 13.2 Å². The van der Waals surface area contributed by atoms with E-state index < -0.39 is 111 Å². The Morgan fingerprint density at radius 2 is 1.43 bits per heavy atom. The van der Waals surface area contributed by atoms with Crippen LogP contribution in [-0.4, -0.2) is 151 Å². The van der Waals surface area contributed by atoms with E-state index in [9.17, 15) is 50.8 Å². The molecule has 0 aliphatic carbocycles. The van der Waals surface area contributed by atoms with E-state index in [1.165, 1.54) is 0 Å². The summed E-state index contributed by atoms with van der Waals surface area (Å²) in [5.41, 5.74) is 0. The summed E-state index contributed by atoms with van der Waals surface area (Å²) >= 11 is 0. The number of carboxylic acid groups (broad SMARTS) is 1. The molecule has 0 spiro atoms. The Kier molecular flexibility index (Phi) is 9.42. The van der Waals surface area contributed by atoms with E-state index in [1.807, 2.05) is 0 Å². The molecular weight excluding hydrogens is 480 g/mol. The van der Waals surface area contributed by atoms with Crippen molar-refractivity contribution in [3.63, 3.8) is 0 Å². The van der Waals surface area contributed by atoms with Crippen molar-refractivity contribution in [3.8, 4) is 0 Å². The molecule has 0 radical (unpaired) electrons. The highest BCUT2D eigenvalue weighted by Gasteiger charge is 2.55. The van der Waals surface area contributed by atoms with Crippen LogP contribution in [0.5, 0.6) is 0 Å². The molecule has 9 N–H and O–H groups in total. The van der Waals surface area contributed by atoms with Crippen molar-refractivity contribution in [1.29, 1.82) is 0 Å². The molecule has 0 amide bonds. The minimum absolute atomic E-state index is 0.434. The summed E-state index contributed by atoms with van der Waals surface area (Å²) in [6, 6.07) is 0. The number of aliphatic hydroxyl groups is 8. The molecule has 0 aromatic heterocycles. The largest absolute Gasteiger partial charge is 0.479 e. The number of rotatable bonds is 7. The first kappa shape index (κ1) is 28.5. The van der Waals surface area contributed by atoms with E-state index in [0.29, 0.717) is 0 Å². The predicted octanol–water partition coefficient (Wildman–Crippen LogP) is -5.14. The van der Waals surface area contributed by atoms with Gasteiger partial charge in [-0.05, 0) is 5.92 Å². The van der Waals surface area contributed by atoms with Crippen LogP contribution in [0.3, 0.4) is 0 Å². The molecule has 3 fully saturated rings. The fourth-order valence-electron chi connectivity index (χ4n) is 4.32. The number of aliphatic carboxylic acids is 1. The molecule has 15 heteroatoms. The van der Waals surface area contributed by atoms with Crippen LogP contribution in [0.1, 0.15) is 13.8 Å². The first-order valence-electron chi connectivity index (χ1n) is 11.2. The van der Waals surface area contributed by atoms with E-state index in [1.54, 1.807) is 13.8 Å². The fraction of sp³-hybridized carbons (Fsp3) is 0.950. The molecule has 204 valence electrons. The van der Waals surface area contributed by atoms with E-state index in [0.717, 1.165) is 0 Å². The number of hydrogen-bond donors (Lipinski definition) is 9. The van der Waals surface area contributed by atoms with Gasteiger partial charge in [0.05, 0.1) is 19.3 Å². The van der Waals surface area contributed by atoms with Crippen molar-refractivity contribution in [2.45, 2.75) is 99.7 Å². The molecule has 14 unspecified atom stereocenters. The molecule has 3 heterocycles. The Hall–Kier alpha value is -1.05. The Balaban J connectivity index is 1.91. The average molecular weight is 514 g/mol. The third-order valence-electron chi connectivity index (χ3n) is 6.38. The van der Waals surface area contributed by atoms with Gasteiger partial charge in [-0.3, -0.25) is 0 Å². The predicted molar refractivity (Wildman–Crippen MR) is 108 cm³/mol. The summed E-state index contributed by atoms with van der Waals surface area (Å²) in [5.74, 6) is -1.99. The van der Waals surface area contributed by atoms with Crippen molar-refractivity contribution < 1.29 is 74.4 Å². The van der Waals surface area contributed by atoms with Crippen molar-refractivity contribution >= 4 is 5.97 Å². The summed E-state index contributed by atoms with van der Waals surface area (Å²) in [7, 11) is 0. The first-order chi connectivity index (χ1) is 16.4. The third kappa shape index (κ3) is 5.77. The zero-order chi connectivity index (χ0) is 26.2. The Morgan fingerprint density at radius 1 is 0.829 bits per heavy atom. The van der Waals surface area contributed by atoms with Crippen LogP contribution >= 0.6 is 0 Å². The molecule has 14 atom stereocenters. The highest BCUT2D eigenvalue weighted by atomic mass is 16.7. The lowest BCUT2D eigenvalue weighted by molar-refractivity contribution is -0.364. The van der Waals surface area contributed by atoms with Crippen LogP contribution < -0.4 is 0 Å². The van der Waals surface area contributed by atoms with Gasteiger partial charge in [0.1, 0.15) is 61.0 Å². The standard InChI is InChI=1S/C20H34O15/c1-5(2)14-17(35-20-12(27)10(25)9(24)7(3-21)32-20)15(13(28)16(33-14)18(29)30)34-19-11(26)8(23)6(22)4-31-19/h5-17,19-28H,3-4H2,1-2H3,(H,29,30). The molecule has 3 aliphatic heterocycles. The van der Waals surface area contributed by atoms with Gasteiger partial charge in [0, 0.05) is 0 Å². The maximum Gasteiger partial charge on any atom is 0.335 e. The second-order valence-electron chi connectivity index (χ2n) is 9.24. The molecule has 3 aliphatic rings. The summed E-state index contributed by atoms with van der Waals surface area (Å²) in [6.07, 6.45) is -22.5. The number of carboxylic acids is 1. The maximum atomic E-state index is 11.8. The summed E-state index contributed by atoms with van der Waals surface area (Å²) < 4.78 is 27.6. The van der Waals surface area contributed by atoms with Gasteiger partial charge in [-0.25, -0.2) is 4.79 Å². The highest BCUT2D eigenvalue weighted by molar-refractivity contribution is 5.73. The van der Waals surface area contributed by atoms with Gasteiger partial charge < -0.3 is 69.6 Å². The van der Waals surface area contributed by atoms with Crippen LogP contribution in [-0.2, 0) is 28.5 Å². The lowest BCUT2D eigenvalue weighted by atomic mass is 9.88. The van der Waals surface area contributed by atoms with E-state index in [4.69, 9.17) is 23.7 Å². The Morgan fingerprint density at radius 3 is 2.00 bits per heavy atom. The third-order valence-corrected chi connectivity index (χ3v) is 6.38. The number of ether oxygens (including phenoxy) is 5. The zero-order valence-corrected chi connectivity index (χ0v) is 19.0. The smallest absolute Gasteiger partial charge is 0.335 e. The van der Waals surface area contributed by atoms with Crippen molar-refractivity contribution in [2.24, 2.45) is 5.92 Å². The molecular formula is C20H34O15. The van der Waals surface area contributed by atoms with Crippen LogP contribution in [0.15, 0.2) is 0 Å². The minimum atomic E-state index is -1.91. The van der Waals surface area contributed by atoms with E-state index >= 15 is 0 Å². The zero-order valence-electron chi connectivity index (χ0n) is 19.0. The molecule has 0 bridgehead atoms. The number of aliphatic hydroxyl groups excluding tert-OH is 8. The number of hydrogen-bond acceptors (Lipinski definition) is 14. The van der Waals surface area contributed by atoms with Gasteiger partial charge in [0.15, 0.2) is 18.7 Å². The Bertz CT molecular complexity index is 706. The normalized spacial score (nSPS) is 49.2. The summed E-state index contributed by atoms with van der Waals surface area (Å²) in [6.45, 7) is 2.13. The fourth-order valence-corrected chi connectivity index (χ4v) is 4.32. The molecule has 35 heavy (non-hydrogen) atoms. The molecule has 0 saturated carbocycles. The van der Waals surface area contributed by atoms with Gasteiger partial charge >= 0.3 is 5.97 Å². The topological polar surface area (TPSA) is 245 Å². The quantitative estimate of drug-likeness (QED) is 0.154. The first-order valence-corrected chi connectivity index (χ1v) is 11.2. The van der Waals surface area contributed by atoms with Crippen LogP contribution in [0, 0.1) is 5.92 Å². The van der Waals surface area contributed by atoms with Crippen LogP contribution in [0.4, 0.5) is 0 Å². The van der Waals surface area contributed by atoms with Gasteiger partial charge in [0.2, 0.25) is 0 Å². The second-order valence-corrected chi connectivity index (χ2v) is 9.24. The maximum absolute atomic E-state index is 11.8. The molecule has 3 rings (SSSR count). The lowest BCUT2D eigenvalue weighted by Gasteiger charge is -2.49. The van der Waals surface area contributed by atoms with Crippen LogP contribution in [0.25, 0.3) is 0 Å². The van der Waals surface area contributed by atoms with E-state index in [-0.39, 0.29) is 0 Å². The molecule has 0 aromatic carbocycles. The van der Waals surface area contributed by atoms with Gasteiger partial charge in [-0.15, -0.1) is 0 Å². The monoisotopic (exact) mass is 514 g/mol. The average Bonchev–Trinajstić information content (AvgIpc) is 2.80. The summed E-state index contributed by atoms with van der Waals surface area (Å²) in [4.78, 5) is 11.8. The van der Waals surface area contributed by atoms with Gasteiger partial charge in [-0.2, -0.15) is 0 Å². The SMILES string of the molecule is CC(C)C1OC(C(=O)O)C(O)C(OC2OCC(O)C(O)C2O)C1OC1OC(CO)C(O)C(O)C1O. The minimum Gasteiger partial charge on any atom is -0.479 e. The highest BCUT2D eigenvalue weighted by Crippen LogP contribution is 2.35. The molecule has 0 aromatic rings. The second kappa shape index (κ2) is 11.6. The van der Waals surface area contributed by atoms with Crippen LogP contribution in [0.2, 0.25) is 0 Å². The van der Waals surface area contributed by atoms with Gasteiger partial charge in [0.25, 0.3) is 0 Å². The molecule has 3 saturated heterocycles. The lowest BCUT2D eigenvalue weighted by Crippen LogP contribution is -2.67. The van der Waals surface area contributed by atoms with Crippen molar-refractivity contribution in [3.05, 3.63) is 0 Å². The van der Waals surface area contributed by atoms with Crippen molar-refractivity contribution in [1.82, 2.24) is 0 Å². The van der Waals surface area contributed by atoms with Gasteiger partial charge in [-0.1, -0.05) is 13.8 Å². The summed E-state index contributed by atoms with van der Waals surface area (Å²) in [5, 5.41) is 90.2. The number of carbonyl (C=O) groups is 1. The van der Waals surface area contributed by atoms with E-state index in [2.05, 4.69) is 0 Å². The Labute approximate surface area is 200 Å².